The zero-order valence-corrected chi connectivity index (χ0v) is 11.4. The molecule has 1 aromatic carbocycles. The number of nitrogens with one attached hydrogen (secondary N) is 1. The summed E-state index contributed by atoms with van der Waals surface area (Å²) in [5.41, 5.74) is 0.859. The Labute approximate surface area is 112 Å². The molecule has 0 spiro atoms. The van der Waals surface area contributed by atoms with Crippen molar-refractivity contribution in [3.8, 4) is 0 Å². The van der Waals surface area contributed by atoms with Crippen molar-refractivity contribution in [2.24, 2.45) is 5.14 Å². The van der Waals surface area contributed by atoms with Gasteiger partial charge in [-0.2, -0.15) is 0 Å². The van der Waals surface area contributed by atoms with Crippen molar-refractivity contribution in [3.05, 3.63) is 54.0 Å². The molecule has 0 aliphatic rings. The first kappa shape index (κ1) is 13.8. The Hall–Kier alpha value is -1.63. The van der Waals surface area contributed by atoms with Gasteiger partial charge in [-0.1, -0.05) is 12.1 Å². The van der Waals surface area contributed by atoms with E-state index in [0.29, 0.717) is 6.54 Å². The molecule has 0 radical (unpaired) electrons. The van der Waals surface area contributed by atoms with Crippen LogP contribution < -0.4 is 10.5 Å². The molecule has 1 aromatic heterocycles. The van der Waals surface area contributed by atoms with Crippen LogP contribution in [0.2, 0.25) is 0 Å². The van der Waals surface area contributed by atoms with Crippen LogP contribution in [0.25, 0.3) is 0 Å². The van der Waals surface area contributed by atoms with Crippen LogP contribution in [-0.2, 0) is 16.6 Å². The minimum Gasteiger partial charge on any atom is -0.468 e. The number of rotatable bonds is 5. The standard InChI is InChI=1S/C13H16N2O3S/c1-10(15-9-12-5-3-7-18-12)11-4-2-6-13(8-11)19(14,16)17/h2-8,10,15H,9H2,1H3,(H2,14,16,17). The predicted octanol–water partition coefficient (Wildman–Crippen LogP) is 1.78. The van der Waals surface area contributed by atoms with Gasteiger partial charge in [-0.3, -0.25) is 0 Å². The summed E-state index contributed by atoms with van der Waals surface area (Å²) < 4.78 is 27.8. The van der Waals surface area contributed by atoms with Gasteiger partial charge in [0.05, 0.1) is 17.7 Å². The first-order valence-electron chi connectivity index (χ1n) is 5.85. The highest BCUT2D eigenvalue weighted by Gasteiger charge is 2.11. The average molecular weight is 280 g/mol. The van der Waals surface area contributed by atoms with Gasteiger partial charge in [0.15, 0.2) is 0 Å². The molecule has 0 aliphatic heterocycles. The van der Waals surface area contributed by atoms with E-state index in [9.17, 15) is 8.42 Å². The van der Waals surface area contributed by atoms with Crippen LogP contribution in [0.4, 0.5) is 0 Å². The SMILES string of the molecule is CC(NCc1ccco1)c1cccc(S(N)(=O)=O)c1. The Morgan fingerprint density at radius 3 is 2.74 bits per heavy atom. The Bertz CT molecular complexity index is 636. The summed E-state index contributed by atoms with van der Waals surface area (Å²) in [6, 6.07) is 10.3. The molecule has 19 heavy (non-hydrogen) atoms. The van der Waals surface area contributed by atoms with Gasteiger partial charge in [-0.15, -0.1) is 0 Å². The van der Waals surface area contributed by atoms with E-state index in [2.05, 4.69) is 5.32 Å². The van der Waals surface area contributed by atoms with Gasteiger partial charge in [0.1, 0.15) is 5.76 Å². The van der Waals surface area contributed by atoms with E-state index < -0.39 is 10.0 Å². The Morgan fingerprint density at radius 1 is 1.32 bits per heavy atom. The summed E-state index contributed by atoms with van der Waals surface area (Å²) in [4.78, 5) is 0.122. The van der Waals surface area contributed by atoms with Crippen LogP contribution in [0.1, 0.15) is 24.3 Å². The molecule has 5 nitrogen and oxygen atoms in total. The molecule has 2 rings (SSSR count). The van der Waals surface area contributed by atoms with Crippen LogP contribution in [0.3, 0.4) is 0 Å². The number of sulfonamides is 1. The second-order valence-corrected chi connectivity index (χ2v) is 5.86. The largest absolute Gasteiger partial charge is 0.468 e. The lowest BCUT2D eigenvalue weighted by atomic mass is 10.1. The number of hydrogen-bond donors (Lipinski definition) is 2. The molecule has 6 heteroatoms. The third-order valence-corrected chi connectivity index (χ3v) is 3.76. The van der Waals surface area contributed by atoms with E-state index in [0.717, 1.165) is 11.3 Å². The molecular formula is C13H16N2O3S. The molecule has 3 N–H and O–H groups in total. The van der Waals surface area contributed by atoms with Crippen molar-refractivity contribution < 1.29 is 12.8 Å². The van der Waals surface area contributed by atoms with Crippen LogP contribution >= 0.6 is 0 Å². The first-order chi connectivity index (χ1) is 8.97. The van der Waals surface area contributed by atoms with Crippen LogP contribution in [-0.4, -0.2) is 8.42 Å². The molecule has 0 saturated carbocycles. The minimum absolute atomic E-state index is 0.00759. The van der Waals surface area contributed by atoms with Crippen LogP contribution in [0.15, 0.2) is 52.0 Å². The smallest absolute Gasteiger partial charge is 0.238 e. The fourth-order valence-electron chi connectivity index (χ4n) is 1.75. The summed E-state index contributed by atoms with van der Waals surface area (Å²) >= 11 is 0. The molecule has 1 unspecified atom stereocenters. The quantitative estimate of drug-likeness (QED) is 0.874. The van der Waals surface area contributed by atoms with Crippen molar-refractivity contribution in [1.29, 1.82) is 0 Å². The van der Waals surface area contributed by atoms with Gasteiger partial charge in [-0.05, 0) is 36.8 Å². The normalized spacial score (nSPS) is 13.4. The first-order valence-corrected chi connectivity index (χ1v) is 7.40. The van der Waals surface area contributed by atoms with E-state index in [1.807, 2.05) is 25.1 Å². The minimum atomic E-state index is -3.66. The second kappa shape index (κ2) is 5.56. The second-order valence-electron chi connectivity index (χ2n) is 4.30. The van der Waals surface area contributed by atoms with Gasteiger partial charge in [-0.25, -0.2) is 13.6 Å². The highest BCUT2D eigenvalue weighted by atomic mass is 32.2. The molecule has 1 atom stereocenters. The number of benzene rings is 1. The zero-order chi connectivity index (χ0) is 13.9. The van der Waals surface area contributed by atoms with Crippen molar-refractivity contribution in [1.82, 2.24) is 5.32 Å². The van der Waals surface area contributed by atoms with E-state index in [-0.39, 0.29) is 10.9 Å². The monoisotopic (exact) mass is 280 g/mol. The summed E-state index contributed by atoms with van der Waals surface area (Å²) in [7, 11) is -3.66. The van der Waals surface area contributed by atoms with E-state index >= 15 is 0 Å². The summed E-state index contributed by atoms with van der Waals surface area (Å²) in [5, 5.41) is 8.36. The molecule has 2 aromatic rings. The highest BCUT2D eigenvalue weighted by molar-refractivity contribution is 7.89. The topological polar surface area (TPSA) is 85.3 Å². The summed E-state index contributed by atoms with van der Waals surface area (Å²) in [6.45, 7) is 2.53. The molecule has 0 saturated heterocycles. The number of nitrogens with two attached hydrogens (primary N) is 1. The third kappa shape index (κ3) is 3.66. The molecule has 0 fully saturated rings. The number of primary sulfonamides is 1. The van der Waals surface area contributed by atoms with Crippen molar-refractivity contribution >= 4 is 10.0 Å². The lowest BCUT2D eigenvalue weighted by Crippen LogP contribution is -2.19. The van der Waals surface area contributed by atoms with E-state index in [1.165, 1.54) is 6.07 Å². The zero-order valence-electron chi connectivity index (χ0n) is 10.5. The van der Waals surface area contributed by atoms with Crippen LogP contribution in [0.5, 0.6) is 0 Å². The van der Waals surface area contributed by atoms with Crippen LogP contribution in [0, 0.1) is 0 Å². The van der Waals surface area contributed by atoms with Crippen molar-refractivity contribution in [3.63, 3.8) is 0 Å². The number of hydrogen-bond acceptors (Lipinski definition) is 4. The molecule has 0 amide bonds. The van der Waals surface area contributed by atoms with E-state index in [4.69, 9.17) is 9.56 Å². The molecule has 0 bridgehead atoms. The van der Waals surface area contributed by atoms with Gasteiger partial charge >= 0.3 is 0 Å². The van der Waals surface area contributed by atoms with Gasteiger partial charge < -0.3 is 9.73 Å². The third-order valence-electron chi connectivity index (χ3n) is 2.85. The fourth-order valence-corrected chi connectivity index (χ4v) is 2.31. The Morgan fingerprint density at radius 2 is 2.11 bits per heavy atom. The highest BCUT2D eigenvalue weighted by Crippen LogP contribution is 2.17. The maximum atomic E-state index is 11.3. The fraction of sp³-hybridized carbons (Fsp3) is 0.231. The summed E-state index contributed by atoms with van der Waals surface area (Å²) in [5.74, 6) is 0.828. The molecule has 1 heterocycles. The maximum absolute atomic E-state index is 11.3. The van der Waals surface area contributed by atoms with Gasteiger partial charge in [0.2, 0.25) is 10.0 Å². The Balaban J connectivity index is 2.09. The lowest BCUT2D eigenvalue weighted by molar-refractivity contribution is 0.460. The predicted molar refractivity (Wildman–Crippen MR) is 71.8 cm³/mol. The molecular weight excluding hydrogens is 264 g/mol. The Kier molecular flexibility index (Phi) is 4.04. The summed E-state index contributed by atoms with van der Waals surface area (Å²) in [6.07, 6.45) is 1.61. The lowest BCUT2D eigenvalue weighted by Gasteiger charge is -2.14. The van der Waals surface area contributed by atoms with Crippen molar-refractivity contribution in [2.75, 3.05) is 0 Å². The number of furan rings is 1. The van der Waals surface area contributed by atoms with Gasteiger partial charge in [0.25, 0.3) is 0 Å². The molecule has 0 aliphatic carbocycles. The van der Waals surface area contributed by atoms with Gasteiger partial charge in [0, 0.05) is 6.04 Å². The molecule has 102 valence electrons. The average Bonchev–Trinajstić information content (AvgIpc) is 2.88. The maximum Gasteiger partial charge on any atom is 0.238 e. The van der Waals surface area contributed by atoms with E-state index in [1.54, 1.807) is 18.4 Å². The van der Waals surface area contributed by atoms with Crippen molar-refractivity contribution in [2.45, 2.75) is 24.4 Å².